The molecular weight excluding hydrogens is 1010 g/mol. The summed E-state index contributed by atoms with van der Waals surface area (Å²) in [4.78, 5) is 108. The maximum atomic E-state index is 12.8. The monoisotopic (exact) mass is 1070 g/mol. The molecule has 2 aromatic heterocycles. The van der Waals surface area contributed by atoms with Crippen molar-refractivity contribution < 1.29 is 90.0 Å². The van der Waals surface area contributed by atoms with Crippen LogP contribution in [0.25, 0.3) is 11.2 Å². The molecule has 1 saturated carbocycles. The van der Waals surface area contributed by atoms with Crippen LogP contribution in [0.2, 0.25) is 0 Å². The lowest BCUT2D eigenvalue weighted by atomic mass is 9.81. The van der Waals surface area contributed by atoms with Crippen molar-refractivity contribution in [3.8, 4) is 0 Å². The SMILES string of the molecule is CC(C)(CCCc1cccc(CCCC2(COC=O)CC2)c1)CC(=O)CCNC(=O)CCNC(=O)C(O)C(C)(C)COP(=O)([O-])OP(=O)([O-])OCC1OC(n2cnc3c(N)ncnc32)C(O)C1OP(=O)([O-])[O-]. The number of rotatable bonds is 32. The lowest BCUT2D eigenvalue weighted by molar-refractivity contribution is -0.347. The quantitative estimate of drug-likeness (QED) is 0.0421. The Morgan fingerprint density at radius 1 is 0.986 bits per heavy atom. The number of Topliss-reactive ketones (excluding diaryl/α,β-unsaturated/α-hetero) is 1. The van der Waals surface area contributed by atoms with Crippen LogP contribution in [-0.2, 0) is 73.1 Å². The van der Waals surface area contributed by atoms with Gasteiger partial charge < -0.3 is 73.8 Å². The number of hydrogen-bond donors (Lipinski definition) is 5. The van der Waals surface area contributed by atoms with Crippen LogP contribution in [0.1, 0.15) is 103 Å². The summed E-state index contributed by atoms with van der Waals surface area (Å²) in [6, 6.07) is 8.52. The number of phosphoric ester groups is 3. The minimum Gasteiger partial charge on any atom is -0.790 e. The minimum atomic E-state index is -5.94. The summed E-state index contributed by atoms with van der Waals surface area (Å²) in [6.07, 6.45) is 0.518. The van der Waals surface area contributed by atoms with Gasteiger partial charge in [0.15, 0.2) is 17.7 Å². The van der Waals surface area contributed by atoms with E-state index in [9.17, 15) is 62.7 Å². The predicted molar refractivity (Wildman–Crippen MR) is 245 cm³/mol. The second kappa shape index (κ2) is 25.0. The van der Waals surface area contributed by atoms with Gasteiger partial charge in [0.2, 0.25) is 11.8 Å². The van der Waals surface area contributed by atoms with Crippen molar-refractivity contribution in [2.75, 3.05) is 38.6 Å². The van der Waals surface area contributed by atoms with E-state index >= 15 is 0 Å². The number of nitrogen functional groups attached to an aromatic ring is 1. The normalized spacial score (nSPS) is 21.1. The Labute approximate surface area is 415 Å². The van der Waals surface area contributed by atoms with Crippen molar-refractivity contribution in [3.05, 3.63) is 48.0 Å². The molecule has 3 aromatic rings. The van der Waals surface area contributed by atoms with Crippen LogP contribution in [0.4, 0.5) is 5.82 Å². The number of aliphatic hydroxyl groups excluding tert-OH is 2. The molecule has 1 aromatic carbocycles. The molecule has 2 fully saturated rings. The summed E-state index contributed by atoms with van der Waals surface area (Å²) in [6.45, 7) is 5.00. The second-order valence-electron chi connectivity index (χ2n) is 19.5. The van der Waals surface area contributed by atoms with Gasteiger partial charge in [0, 0.05) is 43.2 Å². The van der Waals surface area contributed by atoms with Gasteiger partial charge in [0.1, 0.15) is 42.0 Å². The van der Waals surface area contributed by atoms with Crippen LogP contribution in [0, 0.1) is 16.2 Å². The molecule has 1 aliphatic carbocycles. The molecule has 29 heteroatoms. The number of nitrogens with one attached hydrogen (secondary N) is 2. The number of anilines is 1. The van der Waals surface area contributed by atoms with Gasteiger partial charge in [-0.15, -0.1) is 0 Å². The predicted octanol–water partition coefficient (Wildman–Crippen LogP) is 0.551. The maximum absolute atomic E-state index is 12.8. The third-order valence-electron chi connectivity index (χ3n) is 12.4. The lowest BCUT2D eigenvalue weighted by Crippen LogP contribution is -2.46. The number of benzene rings is 1. The van der Waals surface area contributed by atoms with Gasteiger partial charge in [-0.2, -0.15) is 0 Å². The molecule has 1 saturated heterocycles. The molecule has 0 spiro atoms. The zero-order valence-corrected chi connectivity index (χ0v) is 43.0. The third kappa shape index (κ3) is 18.1. The molecule has 0 radical (unpaired) electrons. The largest absolute Gasteiger partial charge is 0.790 e. The molecule has 2 aliphatic rings. The number of hydrogen-bond acceptors (Lipinski definition) is 23. The average molecular weight is 1070 g/mol. The highest BCUT2D eigenvalue weighted by Gasteiger charge is 2.48. The summed E-state index contributed by atoms with van der Waals surface area (Å²) in [5, 5.41) is 26.5. The zero-order chi connectivity index (χ0) is 53.1. The summed E-state index contributed by atoms with van der Waals surface area (Å²) < 4.78 is 66.0. The van der Waals surface area contributed by atoms with E-state index in [-0.39, 0.29) is 59.5 Å². The van der Waals surface area contributed by atoms with Gasteiger partial charge in [-0.05, 0) is 67.9 Å². The number of aryl methyl sites for hydroxylation is 2. The van der Waals surface area contributed by atoms with Gasteiger partial charge >= 0.3 is 0 Å². The van der Waals surface area contributed by atoms with Gasteiger partial charge in [-0.25, -0.2) is 19.3 Å². The molecule has 26 nitrogen and oxygen atoms in total. The van der Waals surface area contributed by atoms with E-state index in [1.165, 1.54) is 25.0 Å². The summed E-state index contributed by atoms with van der Waals surface area (Å²) >= 11 is 0. The molecule has 402 valence electrons. The number of nitrogens with two attached hydrogens (primary N) is 1. The summed E-state index contributed by atoms with van der Waals surface area (Å²) in [5.74, 6) is -1.62. The van der Waals surface area contributed by atoms with Crippen molar-refractivity contribution in [3.63, 3.8) is 0 Å². The van der Waals surface area contributed by atoms with Gasteiger partial charge in [0.05, 0.1) is 34.0 Å². The van der Waals surface area contributed by atoms with Crippen molar-refractivity contribution in [1.29, 1.82) is 0 Å². The first-order valence-electron chi connectivity index (χ1n) is 23.1. The number of ether oxygens (including phenoxy) is 2. The van der Waals surface area contributed by atoms with Crippen LogP contribution in [-0.4, -0.2) is 111 Å². The number of aromatic nitrogens is 4. The maximum Gasteiger partial charge on any atom is 0.293 e. The topological polar surface area (TPSA) is 401 Å². The van der Waals surface area contributed by atoms with Gasteiger partial charge in [-0.3, -0.25) is 32.9 Å². The number of phosphoric acid groups is 3. The third-order valence-corrected chi connectivity index (χ3v) is 15.4. The molecule has 7 atom stereocenters. The Kier molecular flexibility index (Phi) is 20.4. The first kappa shape index (κ1) is 58.8. The Bertz CT molecular complexity index is 2500. The van der Waals surface area contributed by atoms with Crippen molar-refractivity contribution >= 4 is 64.5 Å². The highest BCUT2D eigenvalue weighted by Crippen LogP contribution is 2.56. The van der Waals surface area contributed by atoms with E-state index in [1.54, 1.807) is 0 Å². The van der Waals surface area contributed by atoms with E-state index in [0.717, 1.165) is 68.6 Å². The highest BCUT2D eigenvalue weighted by atomic mass is 31.3. The fourth-order valence-electron chi connectivity index (χ4n) is 8.20. The smallest absolute Gasteiger partial charge is 0.293 e. The standard InChI is InChI=1S/C43H66N7O19P3/c1-41(2,14-6-10-28-8-5-9-29(20-28)11-7-15-43(16-17-43)24-64-27-51)21-30(52)12-18-45-32(53)13-19-46-39(56)36(55)42(3,4)23-66-72(62,63)69-71(60,61)65-22-31-35(68-70(57,58)59)34(54)40(67-31)50-26-49-33-37(44)47-25-48-38(33)50/h5,8-9,20,25-27,31,34-36,40,54-55H,6-7,10-19,21-24H2,1-4H3,(H,45,53)(H,46,56)(H,60,61)(H,62,63)(H2,44,47,48)(H2,57,58,59)/p-4. The molecule has 7 unspecified atom stereocenters. The van der Waals surface area contributed by atoms with Crippen molar-refractivity contribution in [1.82, 2.24) is 30.2 Å². The van der Waals surface area contributed by atoms with E-state index in [0.29, 0.717) is 19.5 Å². The number of aliphatic hydroxyl groups is 2. The number of imidazole rings is 1. The molecule has 6 N–H and O–H groups in total. The van der Waals surface area contributed by atoms with Crippen LogP contribution < -0.4 is 35.9 Å². The van der Waals surface area contributed by atoms with Crippen molar-refractivity contribution in [2.24, 2.45) is 16.2 Å². The lowest BCUT2D eigenvalue weighted by Gasteiger charge is -2.36. The molecule has 2 amide bonds. The summed E-state index contributed by atoms with van der Waals surface area (Å²) in [7, 11) is -17.7. The van der Waals surface area contributed by atoms with Crippen LogP contribution in [0.15, 0.2) is 36.9 Å². The second-order valence-corrected chi connectivity index (χ2v) is 23.6. The average Bonchev–Trinajstić information content (AvgIpc) is 3.81. The first-order valence-corrected chi connectivity index (χ1v) is 27.5. The Hall–Kier alpha value is -4.10. The van der Waals surface area contributed by atoms with E-state index in [4.69, 9.17) is 15.2 Å². The van der Waals surface area contributed by atoms with Crippen LogP contribution in [0.3, 0.4) is 0 Å². The number of nitrogens with zero attached hydrogens (tertiary/aromatic N) is 4. The fourth-order valence-corrected chi connectivity index (χ4v) is 10.9. The zero-order valence-electron chi connectivity index (χ0n) is 40.3. The molecular formula is C43H62N7O19P3-4. The number of carbonyl (C=O) groups excluding carboxylic acids is 4. The van der Waals surface area contributed by atoms with E-state index in [2.05, 4.69) is 67.7 Å². The van der Waals surface area contributed by atoms with Crippen LogP contribution in [0.5, 0.6) is 0 Å². The highest BCUT2D eigenvalue weighted by molar-refractivity contribution is 7.59. The van der Waals surface area contributed by atoms with Crippen LogP contribution >= 0.6 is 23.5 Å². The van der Waals surface area contributed by atoms with E-state index in [1.807, 2.05) is 13.8 Å². The molecule has 5 rings (SSSR count). The number of amides is 2. The molecule has 3 heterocycles. The molecule has 1 aliphatic heterocycles. The first-order chi connectivity index (χ1) is 33.6. The van der Waals surface area contributed by atoms with Gasteiger partial charge in [0.25, 0.3) is 22.1 Å². The number of ketones is 1. The fraction of sp³-hybridized carbons (Fsp3) is 0.651. The van der Waals surface area contributed by atoms with E-state index < -0.39 is 84.6 Å². The Balaban J connectivity index is 0.970. The number of carbonyl (C=O) groups is 4. The Morgan fingerprint density at radius 2 is 1.65 bits per heavy atom. The molecule has 0 bridgehead atoms. The Morgan fingerprint density at radius 3 is 2.32 bits per heavy atom. The van der Waals surface area contributed by atoms with Crippen molar-refractivity contribution in [2.45, 2.75) is 129 Å². The minimum absolute atomic E-state index is 0.0223. The number of fused-ring (bicyclic) bond motifs is 1. The van der Waals surface area contributed by atoms with Gasteiger partial charge in [-0.1, -0.05) is 52.0 Å². The molecule has 72 heavy (non-hydrogen) atoms. The summed E-state index contributed by atoms with van der Waals surface area (Å²) in [5.41, 5.74) is 6.46.